The van der Waals surface area contributed by atoms with E-state index in [1.807, 2.05) is 0 Å². The third-order valence-corrected chi connectivity index (χ3v) is 2.13. The van der Waals surface area contributed by atoms with Crippen molar-refractivity contribution in [3.8, 4) is 0 Å². The number of likely N-dealkylation sites (N-methyl/N-ethyl adjacent to an activating group) is 1. The van der Waals surface area contributed by atoms with Crippen LogP contribution in [0.15, 0.2) is 35.5 Å². The maximum atomic E-state index is 11.7. The number of hydrogen-bond acceptors (Lipinski definition) is 3. The highest BCUT2D eigenvalue weighted by atomic mass is 16.3. The molecular formula is C12H16N2O3. The number of rotatable bonds is 6. The number of carbonyl (C=O) groups excluding carboxylic acids is 2. The van der Waals surface area contributed by atoms with Gasteiger partial charge in [-0.15, -0.1) is 6.58 Å². The zero-order valence-electron chi connectivity index (χ0n) is 9.81. The largest absolute Gasteiger partial charge is 0.459 e. The SMILES string of the molecule is C=CCCNC(=O)CN(C)C(=O)c1ccco1. The van der Waals surface area contributed by atoms with E-state index in [2.05, 4.69) is 11.9 Å². The fourth-order valence-electron chi connectivity index (χ4n) is 1.25. The molecule has 17 heavy (non-hydrogen) atoms. The van der Waals surface area contributed by atoms with Crippen molar-refractivity contribution in [3.05, 3.63) is 36.8 Å². The smallest absolute Gasteiger partial charge is 0.289 e. The highest BCUT2D eigenvalue weighted by molar-refractivity contribution is 5.94. The first-order chi connectivity index (χ1) is 8.15. The highest BCUT2D eigenvalue weighted by Crippen LogP contribution is 2.03. The molecule has 1 heterocycles. The van der Waals surface area contributed by atoms with Gasteiger partial charge in [0.1, 0.15) is 0 Å². The molecule has 0 aliphatic carbocycles. The summed E-state index contributed by atoms with van der Waals surface area (Å²) >= 11 is 0. The summed E-state index contributed by atoms with van der Waals surface area (Å²) in [6.45, 7) is 4.10. The average Bonchev–Trinajstić information content (AvgIpc) is 2.81. The lowest BCUT2D eigenvalue weighted by Gasteiger charge is -2.15. The summed E-state index contributed by atoms with van der Waals surface area (Å²) in [4.78, 5) is 24.4. The van der Waals surface area contributed by atoms with Crippen LogP contribution in [0.4, 0.5) is 0 Å². The Kier molecular flexibility index (Phi) is 5.00. The number of furan rings is 1. The monoisotopic (exact) mass is 236 g/mol. The first kappa shape index (κ1) is 13.0. The normalized spacial score (nSPS) is 9.71. The Labute approximate surface area is 100 Å². The van der Waals surface area contributed by atoms with Crippen LogP contribution in [-0.4, -0.2) is 36.9 Å². The van der Waals surface area contributed by atoms with Crippen molar-refractivity contribution in [3.63, 3.8) is 0 Å². The van der Waals surface area contributed by atoms with Crippen LogP contribution in [-0.2, 0) is 4.79 Å². The lowest BCUT2D eigenvalue weighted by Crippen LogP contribution is -2.38. The maximum absolute atomic E-state index is 11.7. The van der Waals surface area contributed by atoms with Crippen molar-refractivity contribution < 1.29 is 14.0 Å². The fraction of sp³-hybridized carbons (Fsp3) is 0.333. The first-order valence-electron chi connectivity index (χ1n) is 5.31. The summed E-state index contributed by atoms with van der Waals surface area (Å²) in [7, 11) is 1.55. The molecule has 0 saturated heterocycles. The van der Waals surface area contributed by atoms with Crippen LogP contribution in [0.1, 0.15) is 17.0 Å². The third kappa shape index (κ3) is 4.14. The Morgan fingerprint density at radius 3 is 2.94 bits per heavy atom. The summed E-state index contributed by atoms with van der Waals surface area (Å²) in [5.74, 6) is -0.283. The lowest BCUT2D eigenvalue weighted by molar-refractivity contribution is -0.121. The van der Waals surface area contributed by atoms with E-state index in [9.17, 15) is 9.59 Å². The Balaban J connectivity index is 2.38. The van der Waals surface area contributed by atoms with E-state index in [0.717, 1.165) is 0 Å². The van der Waals surface area contributed by atoms with Gasteiger partial charge in [-0.25, -0.2) is 0 Å². The van der Waals surface area contributed by atoms with Gasteiger partial charge in [0.15, 0.2) is 5.76 Å². The summed E-state index contributed by atoms with van der Waals surface area (Å²) in [5, 5.41) is 2.68. The number of nitrogens with zero attached hydrogens (tertiary/aromatic N) is 1. The second-order valence-corrected chi connectivity index (χ2v) is 3.57. The minimum absolute atomic E-state index is 0.0106. The molecule has 5 nitrogen and oxygen atoms in total. The molecule has 0 spiro atoms. The van der Waals surface area contributed by atoms with Crippen molar-refractivity contribution in [2.75, 3.05) is 20.1 Å². The van der Waals surface area contributed by atoms with Crippen molar-refractivity contribution >= 4 is 11.8 Å². The molecule has 0 bridgehead atoms. The minimum Gasteiger partial charge on any atom is -0.459 e. The minimum atomic E-state index is -0.311. The Bertz CT molecular complexity index is 384. The number of carbonyl (C=O) groups is 2. The number of hydrogen-bond donors (Lipinski definition) is 1. The molecule has 1 N–H and O–H groups in total. The van der Waals surface area contributed by atoms with Crippen molar-refractivity contribution in [1.29, 1.82) is 0 Å². The van der Waals surface area contributed by atoms with E-state index >= 15 is 0 Å². The van der Waals surface area contributed by atoms with Crippen molar-refractivity contribution in [2.45, 2.75) is 6.42 Å². The van der Waals surface area contributed by atoms with Gasteiger partial charge in [0, 0.05) is 13.6 Å². The van der Waals surface area contributed by atoms with Gasteiger partial charge in [-0.05, 0) is 18.6 Å². The van der Waals surface area contributed by atoms with Gasteiger partial charge in [0.2, 0.25) is 5.91 Å². The van der Waals surface area contributed by atoms with Gasteiger partial charge in [0.25, 0.3) is 5.91 Å². The Morgan fingerprint density at radius 1 is 1.59 bits per heavy atom. The molecule has 0 aromatic carbocycles. The topological polar surface area (TPSA) is 62.6 Å². The van der Waals surface area contributed by atoms with Crippen LogP contribution in [0.3, 0.4) is 0 Å². The number of nitrogens with one attached hydrogen (secondary N) is 1. The molecule has 0 radical (unpaired) electrons. The fourth-order valence-corrected chi connectivity index (χ4v) is 1.25. The molecule has 92 valence electrons. The van der Waals surface area contributed by atoms with E-state index in [0.29, 0.717) is 13.0 Å². The van der Waals surface area contributed by atoms with Gasteiger partial charge in [-0.2, -0.15) is 0 Å². The van der Waals surface area contributed by atoms with Crippen LogP contribution in [0, 0.1) is 0 Å². The van der Waals surface area contributed by atoms with Crippen LogP contribution < -0.4 is 5.32 Å². The van der Waals surface area contributed by atoms with Gasteiger partial charge in [-0.1, -0.05) is 6.08 Å². The molecule has 0 fully saturated rings. The van der Waals surface area contributed by atoms with E-state index in [4.69, 9.17) is 4.42 Å². The number of amides is 2. The molecule has 0 atom stereocenters. The zero-order chi connectivity index (χ0) is 12.7. The van der Waals surface area contributed by atoms with Crippen molar-refractivity contribution in [2.24, 2.45) is 0 Å². The van der Waals surface area contributed by atoms with Crippen LogP contribution in [0.5, 0.6) is 0 Å². The van der Waals surface area contributed by atoms with E-state index < -0.39 is 0 Å². The summed E-state index contributed by atoms with van der Waals surface area (Å²) < 4.78 is 4.96. The lowest BCUT2D eigenvalue weighted by atomic mass is 10.3. The third-order valence-electron chi connectivity index (χ3n) is 2.13. The Hall–Kier alpha value is -2.04. The second kappa shape index (κ2) is 6.52. The average molecular weight is 236 g/mol. The molecule has 1 aromatic heterocycles. The molecule has 0 aliphatic heterocycles. The van der Waals surface area contributed by atoms with Crippen LogP contribution >= 0.6 is 0 Å². The van der Waals surface area contributed by atoms with Crippen LogP contribution in [0.2, 0.25) is 0 Å². The Morgan fingerprint density at radius 2 is 2.35 bits per heavy atom. The zero-order valence-corrected chi connectivity index (χ0v) is 9.81. The summed E-state index contributed by atoms with van der Waals surface area (Å²) in [5.41, 5.74) is 0. The molecule has 2 amide bonds. The van der Waals surface area contributed by atoms with E-state index in [1.54, 1.807) is 25.3 Å². The molecule has 0 saturated carbocycles. The van der Waals surface area contributed by atoms with Gasteiger partial charge in [0.05, 0.1) is 12.8 Å². The second-order valence-electron chi connectivity index (χ2n) is 3.57. The standard InChI is InChI=1S/C12H16N2O3/c1-3-4-7-13-11(15)9-14(2)12(16)10-6-5-8-17-10/h3,5-6,8H,1,4,7,9H2,2H3,(H,13,15). The molecular weight excluding hydrogens is 220 g/mol. The molecule has 1 aromatic rings. The molecule has 0 aliphatic rings. The molecule has 0 unspecified atom stereocenters. The van der Waals surface area contributed by atoms with Gasteiger partial charge in [-0.3, -0.25) is 9.59 Å². The van der Waals surface area contributed by atoms with Gasteiger partial charge < -0.3 is 14.6 Å². The predicted octanol–water partition coefficient (Wildman–Crippen LogP) is 1.04. The van der Waals surface area contributed by atoms with Gasteiger partial charge >= 0.3 is 0 Å². The van der Waals surface area contributed by atoms with E-state index in [-0.39, 0.29) is 24.1 Å². The maximum Gasteiger partial charge on any atom is 0.289 e. The summed E-state index contributed by atoms with van der Waals surface area (Å²) in [6, 6.07) is 3.19. The van der Waals surface area contributed by atoms with Crippen molar-refractivity contribution in [1.82, 2.24) is 10.2 Å². The highest BCUT2D eigenvalue weighted by Gasteiger charge is 2.16. The quantitative estimate of drug-likeness (QED) is 0.593. The van der Waals surface area contributed by atoms with E-state index in [1.165, 1.54) is 11.2 Å². The molecule has 1 rings (SSSR count). The first-order valence-corrected chi connectivity index (χ1v) is 5.31. The molecule has 5 heteroatoms. The predicted molar refractivity (Wildman–Crippen MR) is 63.5 cm³/mol. The van der Waals surface area contributed by atoms with Crippen LogP contribution in [0.25, 0.3) is 0 Å². The summed E-state index contributed by atoms with van der Waals surface area (Å²) in [6.07, 6.45) is 3.85.